The van der Waals surface area contributed by atoms with Crippen molar-refractivity contribution in [3.63, 3.8) is 0 Å². The van der Waals surface area contributed by atoms with E-state index in [0.717, 1.165) is 35.0 Å². The van der Waals surface area contributed by atoms with Crippen LogP contribution in [0, 0.1) is 5.92 Å². The Balaban J connectivity index is 1.67. The van der Waals surface area contributed by atoms with Crippen LogP contribution in [0.3, 0.4) is 0 Å². The highest BCUT2D eigenvalue weighted by atomic mass is 79.9. The lowest BCUT2D eigenvalue weighted by atomic mass is 9.89. The second-order valence-corrected chi connectivity index (χ2v) is 7.27. The molecule has 4 rings (SSSR count). The molecule has 2 heterocycles. The van der Waals surface area contributed by atoms with Gasteiger partial charge < -0.3 is 8.94 Å². The molecule has 3 aromatic rings. The Labute approximate surface area is 151 Å². The van der Waals surface area contributed by atoms with Gasteiger partial charge in [-0.25, -0.2) is 0 Å². The molecule has 1 aromatic carbocycles. The van der Waals surface area contributed by atoms with E-state index in [2.05, 4.69) is 33.3 Å². The third-order valence-corrected chi connectivity index (χ3v) is 4.93. The minimum atomic E-state index is -0.531. The first kappa shape index (κ1) is 16.1. The van der Waals surface area contributed by atoms with Gasteiger partial charge in [0.2, 0.25) is 5.88 Å². The minimum absolute atomic E-state index is 0.0652. The van der Waals surface area contributed by atoms with Crippen LogP contribution in [0.2, 0.25) is 0 Å². The predicted octanol–water partition coefficient (Wildman–Crippen LogP) is 3.92. The van der Waals surface area contributed by atoms with Gasteiger partial charge in [-0.3, -0.25) is 14.9 Å². The third-order valence-electron chi connectivity index (χ3n) is 4.44. The van der Waals surface area contributed by atoms with Crippen LogP contribution in [-0.4, -0.2) is 11.1 Å². The first-order valence-corrected chi connectivity index (χ1v) is 8.83. The van der Waals surface area contributed by atoms with Crippen molar-refractivity contribution in [2.24, 2.45) is 5.92 Å². The van der Waals surface area contributed by atoms with Gasteiger partial charge in [-0.2, -0.15) is 0 Å². The molecule has 1 N–H and O–H groups in total. The lowest BCUT2D eigenvalue weighted by Crippen LogP contribution is -2.17. The maximum absolute atomic E-state index is 12.5. The molecular weight excluding hydrogens is 388 g/mol. The quantitative estimate of drug-likeness (QED) is 0.701. The van der Waals surface area contributed by atoms with Gasteiger partial charge in [0.15, 0.2) is 11.2 Å². The molecule has 128 valence electrons. The Hall–Kier alpha value is -2.41. The molecule has 1 aliphatic carbocycles. The Morgan fingerprint density at radius 3 is 3.04 bits per heavy atom. The Morgan fingerprint density at radius 2 is 2.20 bits per heavy atom. The number of carbonyl (C=O) groups excluding carboxylic acids is 1. The average Bonchev–Trinajstić information content (AvgIpc) is 2.96. The molecule has 0 saturated heterocycles. The fraction of sp³-hybridized carbons (Fsp3) is 0.278. The SMILES string of the molecule is C[C@H]1CCc2noc(NC(=O)c3cc(=O)c4ccc(Br)cc4o3)c2C1. The monoisotopic (exact) mass is 402 g/mol. The molecule has 7 heteroatoms. The number of anilines is 1. The van der Waals surface area contributed by atoms with Crippen LogP contribution < -0.4 is 10.7 Å². The molecule has 0 saturated carbocycles. The zero-order valence-electron chi connectivity index (χ0n) is 13.5. The highest BCUT2D eigenvalue weighted by molar-refractivity contribution is 9.10. The van der Waals surface area contributed by atoms with E-state index in [9.17, 15) is 9.59 Å². The van der Waals surface area contributed by atoms with E-state index < -0.39 is 5.91 Å². The summed E-state index contributed by atoms with van der Waals surface area (Å²) in [7, 11) is 0. The second-order valence-electron chi connectivity index (χ2n) is 6.35. The van der Waals surface area contributed by atoms with E-state index in [1.165, 1.54) is 6.07 Å². The van der Waals surface area contributed by atoms with Gasteiger partial charge >= 0.3 is 0 Å². The van der Waals surface area contributed by atoms with E-state index in [1.54, 1.807) is 18.2 Å². The van der Waals surface area contributed by atoms with Crippen molar-refractivity contribution in [3.05, 3.63) is 56.0 Å². The van der Waals surface area contributed by atoms with Crippen LogP contribution in [0.1, 0.15) is 35.2 Å². The lowest BCUT2D eigenvalue weighted by molar-refractivity contribution is 0.0994. The molecule has 0 spiro atoms. The summed E-state index contributed by atoms with van der Waals surface area (Å²) in [6, 6.07) is 6.25. The largest absolute Gasteiger partial charge is 0.451 e. The number of aryl methyl sites for hydroxylation is 1. The molecule has 0 fully saturated rings. The third kappa shape index (κ3) is 3.00. The van der Waals surface area contributed by atoms with Crippen molar-refractivity contribution < 1.29 is 13.7 Å². The van der Waals surface area contributed by atoms with Crippen molar-refractivity contribution >= 4 is 38.7 Å². The standard InChI is InChI=1S/C18H15BrN2O4/c1-9-2-5-13-12(6-9)18(25-21-13)20-17(23)16-8-14(22)11-4-3-10(19)7-15(11)24-16/h3-4,7-9H,2,5-6H2,1H3,(H,20,23)/t9-/m0/s1. The second kappa shape index (κ2) is 6.15. The molecule has 0 bridgehead atoms. The van der Waals surface area contributed by atoms with Crippen molar-refractivity contribution in [1.82, 2.24) is 5.16 Å². The van der Waals surface area contributed by atoms with Crippen LogP contribution in [-0.2, 0) is 12.8 Å². The minimum Gasteiger partial charge on any atom is -0.451 e. The zero-order valence-corrected chi connectivity index (χ0v) is 15.1. The van der Waals surface area contributed by atoms with Gasteiger partial charge in [0.25, 0.3) is 5.91 Å². The van der Waals surface area contributed by atoms with Crippen molar-refractivity contribution in [2.45, 2.75) is 26.2 Å². The van der Waals surface area contributed by atoms with E-state index in [1.807, 2.05) is 0 Å². The average molecular weight is 403 g/mol. The van der Waals surface area contributed by atoms with Crippen molar-refractivity contribution in [3.8, 4) is 0 Å². The number of rotatable bonds is 2. The summed E-state index contributed by atoms with van der Waals surface area (Å²) in [5.41, 5.74) is 1.89. The summed E-state index contributed by atoms with van der Waals surface area (Å²) in [6.45, 7) is 2.15. The normalized spacial score (nSPS) is 16.6. The fourth-order valence-corrected chi connectivity index (χ4v) is 3.43. The van der Waals surface area contributed by atoms with Gasteiger partial charge in [0, 0.05) is 16.1 Å². The highest BCUT2D eigenvalue weighted by Gasteiger charge is 2.25. The van der Waals surface area contributed by atoms with Crippen LogP contribution in [0.25, 0.3) is 11.0 Å². The van der Waals surface area contributed by atoms with Gasteiger partial charge in [0.1, 0.15) is 5.58 Å². The van der Waals surface area contributed by atoms with E-state index in [0.29, 0.717) is 22.8 Å². The number of hydrogen-bond acceptors (Lipinski definition) is 5. The first-order chi connectivity index (χ1) is 12.0. The summed E-state index contributed by atoms with van der Waals surface area (Å²) in [4.78, 5) is 24.7. The summed E-state index contributed by atoms with van der Waals surface area (Å²) in [5, 5.41) is 7.13. The summed E-state index contributed by atoms with van der Waals surface area (Å²) >= 11 is 3.33. The highest BCUT2D eigenvalue weighted by Crippen LogP contribution is 2.30. The molecule has 0 aliphatic heterocycles. The molecule has 6 nitrogen and oxygen atoms in total. The maximum Gasteiger partial charge on any atom is 0.293 e. The summed E-state index contributed by atoms with van der Waals surface area (Å²) in [6.07, 6.45) is 2.71. The molecule has 1 amide bonds. The summed E-state index contributed by atoms with van der Waals surface area (Å²) in [5.74, 6) is 0.253. The van der Waals surface area contributed by atoms with Crippen LogP contribution in [0.5, 0.6) is 0 Å². The number of benzene rings is 1. The van der Waals surface area contributed by atoms with Crippen LogP contribution >= 0.6 is 15.9 Å². The van der Waals surface area contributed by atoms with Crippen LogP contribution in [0.4, 0.5) is 5.88 Å². The maximum atomic E-state index is 12.5. The number of halogens is 1. The number of nitrogens with one attached hydrogen (secondary N) is 1. The van der Waals surface area contributed by atoms with Gasteiger partial charge in [-0.05, 0) is 43.4 Å². The van der Waals surface area contributed by atoms with E-state index in [-0.39, 0.29) is 11.2 Å². The number of nitrogens with zero attached hydrogens (tertiary/aromatic N) is 1. The van der Waals surface area contributed by atoms with Gasteiger partial charge in [0.05, 0.1) is 11.1 Å². The summed E-state index contributed by atoms with van der Waals surface area (Å²) < 4.78 is 11.6. The lowest BCUT2D eigenvalue weighted by Gasteiger charge is -2.16. The number of carbonyl (C=O) groups is 1. The van der Waals surface area contributed by atoms with Crippen LogP contribution in [0.15, 0.2) is 42.5 Å². The number of fused-ring (bicyclic) bond motifs is 2. The zero-order chi connectivity index (χ0) is 17.6. The van der Waals surface area contributed by atoms with E-state index >= 15 is 0 Å². The molecule has 0 unspecified atom stereocenters. The molecule has 0 radical (unpaired) electrons. The van der Waals surface area contributed by atoms with Gasteiger partial charge in [-0.15, -0.1) is 0 Å². The Kier molecular flexibility index (Phi) is 3.95. The van der Waals surface area contributed by atoms with E-state index in [4.69, 9.17) is 8.94 Å². The number of amides is 1. The number of hydrogen-bond donors (Lipinski definition) is 1. The smallest absolute Gasteiger partial charge is 0.293 e. The molecule has 2 aromatic heterocycles. The first-order valence-electron chi connectivity index (χ1n) is 8.03. The van der Waals surface area contributed by atoms with Crippen molar-refractivity contribution in [1.29, 1.82) is 0 Å². The fourth-order valence-electron chi connectivity index (χ4n) is 3.09. The Bertz CT molecular complexity index is 1040. The number of aromatic nitrogens is 1. The Morgan fingerprint density at radius 1 is 1.36 bits per heavy atom. The predicted molar refractivity (Wildman–Crippen MR) is 95.8 cm³/mol. The van der Waals surface area contributed by atoms with Crippen molar-refractivity contribution in [2.75, 3.05) is 5.32 Å². The molecule has 25 heavy (non-hydrogen) atoms. The van der Waals surface area contributed by atoms with Gasteiger partial charge in [-0.1, -0.05) is 28.0 Å². The molecule has 1 atom stereocenters. The topological polar surface area (TPSA) is 85.3 Å². The molecule has 1 aliphatic rings. The molecular formula is C18H15BrN2O4.